The maximum atomic E-state index is 14.5. The number of nitrogens with zero attached hydrogens (tertiary/aromatic N) is 1. The predicted octanol–water partition coefficient (Wildman–Crippen LogP) is 1.83. The van der Waals surface area contributed by atoms with Crippen LogP contribution in [0.15, 0.2) is 24.4 Å². The minimum atomic E-state index is -0.570. The molecule has 2 amide bonds. The molecule has 3 atom stereocenters. The Labute approximate surface area is 151 Å². The van der Waals surface area contributed by atoms with Crippen molar-refractivity contribution in [2.45, 2.75) is 56.8 Å². The number of carbonyl (C=O) groups is 2. The first-order valence-corrected chi connectivity index (χ1v) is 8.98. The lowest BCUT2D eigenvalue weighted by atomic mass is 10.0. The van der Waals surface area contributed by atoms with Gasteiger partial charge in [-0.1, -0.05) is 6.58 Å². The van der Waals surface area contributed by atoms with Gasteiger partial charge in [-0.2, -0.15) is 0 Å². The van der Waals surface area contributed by atoms with Gasteiger partial charge in [0.05, 0.1) is 0 Å². The highest BCUT2D eigenvalue weighted by Crippen LogP contribution is 2.34. The molecule has 138 valence electrons. The van der Waals surface area contributed by atoms with E-state index in [1.807, 2.05) is 0 Å². The number of carbonyl (C=O) groups excluding carboxylic acids is 2. The van der Waals surface area contributed by atoms with Crippen LogP contribution in [-0.2, 0) is 11.3 Å². The van der Waals surface area contributed by atoms with Crippen molar-refractivity contribution in [3.63, 3.8) is 0 Å². The number of nitrogens with two attached hydrogens (primary N) is 1. The zero-order valence-corrected chi connectivity index (χ0v) is 14.5. The second-order valence-electron chi connectivity index (χ2n) is 7.27. The van der Waals surface area contributed by atoms with Crippen LogP contribution in [0.4, 0.5) is 4.39 Å². The van der Waals surface area contributed by atoms with Crippen molar-refractivity contribution in [1.29, 1.82) is 0 Å². The van der Waals surface area contributed by atoms with Gasteiger partial charge in [-0.25, -0.2) is 4.39 Å². The lowest BCUT2D eigenvalue weighted by molar-refractivity contribution is -0.126. The van der Waals surface area contributed by atoms with Crippen LogP contribution in [0.3, 0.4) is 0 Å². The summed E-state index contributed by atoms with van der Waals surface area (Å²) in [6.45, 7) is 4.02. The van der Waals surface area contributed by atoms with E-state index in [9.17, 15) is 14.0 Å². The van der Waals surface area contributed by atoms with E-state index in [-0.39, 0.29) is 36.3 Å². The fraction of sp³-hybridized carbons (Fsp3) is 0.474. The number of hydrogen-bond donors (Lipinski definition) is 2. The number of allylic oxidation sites excluding steroid dienone is 1. The molecule has 2 heterocycles. The number of hydrogen-bond acceptors (Lipinski definition) is 4. The first-order chi connectivity index (χ1) is 12.4. The van der Waals surface area contributed by atoms with Crippen molar-refractivity contribution in [2.24, 2.45) is 5.73 Å². The molecule has 2 aliphatic heterocycles. The molecule has 0 radical (unpaired) electrons. The number of piperidine rings is 1. The maximum absolute atomic E-state index is 14.5. The molecule has 26 heavy (non-hydrogen) atoms. The Hall–Kier alpha value is -2.41. The van der Waals surface area contributed by atoms with Crippen LogP contribution in [0.2, 0.25) is 0 Å². The molecule has 0 aromatic heterocycles. The van der Waals surface area contributed by atoms with E-state index in [4.69, 9.17) is 10.5 Å². The molecule has 1 aliphatic carbocycles. The SMILES string of the molecule is C=C1CCC(N2Cc3cc(OC4CCCC4N)c(F)cc3C2=O)C(=O)N1. The van der Waals surface area contributed by atoms with Crippen LogP contribution in [0, 0.1) is 5.82 Å². The topological polar surface area (TPSA) is 84.7 Å². The minimum absolute atomic E-state index is 0.0974. The highest BCUT2D eigenvalue weighted by Gasteiger charge is 2.39. The van der Waals surface area contributed by atoms with E-state index in [2.05, 4.69) is 11.9 Å². The zero-order chi connectivity index (χ0) is 18.4. The fourth-order valence-corrected chi connectivity index (χ4v) is 4.00. The van der Waals surface area contributed by atoms with Gasteiger partial charge in [-0.15, -0.1) is 0 Å². The van der Waals surface area contributed by atoms with Gasteiger partial charge < -0.3 is 20.7 Å². The Morgan fingerprint density at radius 3 is 2.77 bits per heavy atom. The summed E-state index contributed by atoms with van der Waals surface area (Å²) >= 11 is 0. The molecule has 2 fully saturated rings. The Kier molecular flexibility index (Phi) is 4.19. The molecule has 4 rings (SSSR count). The van der Waals surface area contributed by atoms with Crippen LogP contribution in [0.25, 0.3) is 0 Å². The number of amides is 2. The second-order valence-corrected chi connectivity index (χ2v) is 7.27. The van der Waals surface area contributed by atoms with Crippen molar-refractivity contribution in [2.75, 3.05) is 0 Å². The van der Waals surface area contributed by atoms with Crippen LogP contribution >= 0.6 is 0 Å². The van der Waals surface area contributed by atoms with Crippen molar-refractivity contribution in [3.05, 3.63) is 41.4 Å². The molecule has 3 aliphatic rings. The Bertz CT molecular complexity index is 794. The molecule has 1 aromatic carbocycles. The summed E-state index contributed by atoms with van der Waals surface area (Å²) in [7, 11) is 0. The van der Waals surface area contributed by atoms with Crippen LogP contribution < -0.4 is 15.8 Å². The standard InChI is InChI=1S/C19H22FN3O3/c1-10-5-6-15(18(24)22-10)23-9-11-7-17(13(20)8-12(11)19(23)25)26-16-4-2-3-14(16)21/h7-8,14-16H,1-6,9,21H2,(H,22,24). The third-order valence-corrected chi connectivity index (χ3v) is 5.47. The molecule has 3 unspecified atom stereocenters. The minimum Gasteiger partial charge on any atom is -0.486 e. The van der Waals surface area contributed by atoms with Gasteiger partial charge in [0, 0.05) is 23.8 Å². The highest BCUT2D eigenvalue weighted by molar-refractivity contribution is 6.01. The molecule has 1 aromatic rings. The van der Waals surface area contributed by atoms with Gasteiger partial charge in [0.25, 0.3) is 5.91 Å². The first kappa shape index (κ1) is 17.0. The van der Waals surface area contributed by atoms with E-state index in [0.29, 0.717) is 29.7 Å². The Morgan fingerprint density at radius 2 is 2.08 bits per heavy atom. The Morgan fingerprint density at radius 1 is 1.27 bits per heavy atom. The van der Waals surface area contributed by atoms with Crippen LogP contribution in [0.5, 0.6) is 5.75 Å². The van der Waals surface area contributed by atoms with Crippen molar-refractivity contribution < 1.29 is 18.7 Å². The van der Waals surface area contributed by atoms with Crippen molar-refractivity contribution in [1.82, 2.24) is 10.2 Å². The molecule has 1 saturated heterocycles. The summed E-state index contributed by atoms with van der Waals surface area (Å²) in [5.74, 6) is -1.01. The smallest absolute Gasteiger partial charge is 0.255 e. The summed E-state index contributed by atoms with van der Waals surface area (Å²) in [5, 5.41) is 2.69. The molecule has 1 saturated carbocycles. The van der Waals surface area contributed by atoms with Crippen molar-refractivity contribution in [3.8, 4) is 5.75 Å². The zero-order valence-electron chi connectivity index (χ0n) is 14.5. The van der Waals surface area contributed by atoms with Gasteiger partial charge in [0.15, 0.2) is 11.6 Å². The summed E-state index contributed by atoms with van der Waals surface area (Å²) < 4.78 is 20.2. The number of benzene rings is 1. The van der Waals surface area contributed by atoms with E-state index in [0.717, 1.165) is 19.3 Å². The first-order valence-electron chi connectivity index (χ1n) is 8.98. The summed E-state index contributed by atoms with van der Waals surface area (Å²) in [5.41, 5.74) is 7.62. The lowest BCUT2D eigenvalue weighted by Gasteiger charge is -2.30. The van der Waals surface area contributed by atoms with E-state index >= 15 is 0 Å². The Balaban J connectivity index is 1.56. The highest BCUT2D eigenvalue weighted by atomic mass is 19.1. The fourth-order valence-electron chi connectivity index (χ4n) is 4.00. The van der Waals surface area contributed by atoms with Crippen LogP contribution in [0.1, 0.15) is 48.0 Å². The molecule has 0 bridgehead atoms. The largest absolute Gasteiger partial charge is 0.486 e. The maximum Gasteiger partial charge on any atom is 0.255 e. The van der Waals surface area contributed by atoms with Gasteiger partial charge >= 0.3 is 0 Å². The molecule has 3 N–H and O–H groups in total. The second kappa shape index (κ2) is 6.39. The van der Waals surface area contributed by atoms with Gasteiger partial charge in [-0.3, -0.25) is 9.59 Å². The third kappa shape index (κ3) is 2.86. The summed E-state index contributed by atoms with van der Waals surface area (Å²) in [6, 6.07) is 2.14. The van der Waals surface area contributed by atoms with E-state index in [1.54, 1.807) is 6.07 Å². The number of rotatable bonds is 3. The molecular formula is C19H22FN3O3. The molecule has 6 nitrogen and oxygen atoms in total. The van der Waals surface area contributed by atoms with E-state index in [1.165, 1.54) is 11.0 Å². The van der Waals surface area contributed by atoms with Gasteiger partial charge in [0.2, 0.25) is 5.91 Å². The molecule has 7 heteroatoms. The number of ether oxygens (including phenoxy) is 1. The molecular weight excluding hydrogens is 337 g/mol. The number of fused-ring (bicyclic) bond motifs is 1. The predicted molar refractivity (Wildman–Crippen MR) is 92.8 cm³/mol. The third-order valence-electron chi connectivity index (χ3n) is 5.47. The van der Waals surface area contributed by atoms with Gasteiger partial charge in [0.1, 0.15) is 12.1 Å². The average Bonchev–Trinajstić information content (AvgIpc) is 3.13. The summed E-state index contributed by atoms with van der Waals surface area (Å²) in [6.07, 6.45) is 3.57. The molecule has 0 spiro atoms. The monoisotopic (exact) mass is 359 g/mol. The average molecular weight is 359 g/mol. The summed E-state index contributed by atoms with van der Waals surface area (Å²) in [4.78, 5) is 26.4. The van der Waals surface area contributed by atoms with Gasteiger partial charge in [-0.05, 0) is 49.8 Å². The number of nitrogens with one attached hydrogen (secondary N) is 1. The lowest BCUT2D eigenvalue weighted by Crippen LogP contribution is -2.49. The quantitative estimate of drug-likeness (QED) is 0.862. The van der Waals surface area contributed by atoms with E-state index < -0.39 is 11.9 Å². The number of halogens is 1. The van der Waals surface area contributed by atoms with Crippen molar-refractivity contribution >= 4 is 11.8 Å². The van der Waals surface area contributed by atoms with Crippen LogP contribution in [-0.4, -0.2) is 34.9 Å². The normalized spacial score (nSPS) is 28.3.